The first-order valence-corrected chi connectivity index (χ1v) is 7.31. The predicted molar refractivity (Wildman–Crippen MR) is 86.3 cm³/mol. The van der Waals surface area contributed by atoms with Gasteiger partial charge in [0.1, 0.15) is 5.76 Å². The molecule has 0 unspecified atom stereocenters. The largest absolute Gasteiger partial charge is 0.440 e. The Morgan fingerprint density at radius 3 is 2.68 bits per heavy atom. The Bertz CT molecular complexity index is 645. The Hall–Kier alpha value is -2.76. The van der Waals surface area contributed by atoms with Crippen molar-refractivity contribution in [3.8, 4) is 0 Å². The van der Waals surface area contributed by atoms with Gasteiger partial charge in [0.2, 0.25) is 0 Å². The first-order valence-electron chi connectivity index (χ1n) is 7.31. The summed E-state index contributed by atoms with van der Waals surface area (Å²) >= 11 is 0. The van der Waals surface area contributed by atoms with Crippen LogP contribution in [0.3, 0.4) is 0 Å². The quantitative estimate of drug-likeness (QED) is 0.673. The maximum absolute atomic E-state index is 11.6. The molecule has 3 rings (SSSR count). The van der Waals surface area contributed by atoms with Crippen molar-refractivity contribution in [1.29, 1.82) is 0 Å². The second-order valence-corrected chi connectivity index (χ2v) is 5.06. The number of benzene rings is 1. The molecular weight excluding hydrogens is 280 g/mol. The third-order valence-electron chi connectivity index (χ3n) is 3.42. The Morgan fingerprint density at radius 1 is 1.14 bits per heavy atom. The highest BCUT2D eigenvalue weighted by Crippen LogP contribution is 2.21. The number of hydrazone groups is 1. The predicted octanol–water partition coefficient (Wildman–Crippen LogP) is 3.04. The maximum atomic E-state index is 11.6. The number of nitrogens with zero attached hydrogens (tertiary/aromatic N) is 2. The lowest BCUT2D eigenvalue weighted by molar-refractivity contribution is 0.252. The summed E-state index contributed by atoms with van der Waals surface area (Å²) < 4.78 is 5.67. The number of para-hydroxylation sites is 1. The fourth-order valence-corrected chi connectivity index (χ4v) is 2.35. The van der Waals surface area contributed by atoms with Gasteiger partial charge in [-0.25, -0.2) is 10.2 Å². The Balaban J connectivity index is 1.50. The Labute approximate surface area is 128 Å². The molecule has 0 spiro atoms. The second kappa shape index (κ2) is 6.80. The molecule has 6 nitrogen and oxygen atoms in total. The number of furan rings is 1. The molecule has 0 aliphatic carbocycles. The number of anilines is 2. The van der Waals surface area contributed by atoms with Gasteiger partial charge in [0.05, 0.1) is 6.21 Å². The van der Waals surface area contributed by atoms with Crippen LogP contribution in [0.4, 0.5) is 16.4 Å². The van der Waals surface area contributed by atoms with Crippen LogP contribution < -0.4 is 15.6 Å². The third kappa shape index (κ3) is 3.66. The summed E-state index contributed by atoms with van der Waals surface area (Å²) in [6.45, 7) is 2.06. The molecule has 0 saturated carbocycles. The summed E-state index contributed by atoms with van der Waals surface area (Å²) in [5, 5.41) is 6.55. The fraction of sp³-hybridized carbons (Fsp3) is 0.250. The van der Waals surface area contributed by atoms with Crippen LogP contribution in [-0.4, -0.2) is 25.3 Å². The molecule has 2 amide bonds. The number of urea groups is 1. The van der Waals surface area contributed by atoms with E-state index in [4.69, 9.17) is 4.42 Å². The highest BCUT2D eigenvalue weighted by molar-refractivity contribution is 5.90. The second-order valence-electron chi connectivity index (χ2n) is 5.06. The monoisotopic (exact) mass is 298 g/mol. The maximum Gasteiger partial charge on any atom is 0.339 e. The minimum atomic E-state index is -0.395. The molecule has 2 aromatic rings. The van der Waals surface area contributed by atoms with E-state index in [0.717, 1.165) is 19.0 Å². The topological polar surface area (TPSA) is 69.9 Å². The van der Waals surface area contributed by atoms with Crippen molar-refractivity contribution in [3.63, 3.8) is 0 Å². The molecule has 22 heavy (non-hydrogen) atoms. The van der Waals surface area contributed by atoms with Gasteiger partial charge < -0.3 is 14.6 Å². The van der Waals surface area contributed by atoms with Gasteiger partial charge in [-0.15, -0.1) is 0 Å². The van der Waals surface area contributed by atoms with E-state index in [1.807, 2.05) is 30.3 Å². The van der Waals surface area contributed by atoms with Crippen molar-refractivity contribution < 1.29 is 9.21 Å². The van der Waals surface area contributed by atoms with E-state index in [1.54, 1.807) is 12.1 Å². The molecule has 0 bridgehead atoms. The van der Waals surface area contributed by atoms with Crippen molar-refractivity contribution in [2.75, 3.05) is 23.3 Å². The smallest absolute Gasteiger partial charge is 0.339 e. The molecule has 1 aliphatic rings. The molecule has 2 N–H and O–H groups in total. The molecule has 6 heteroatoms. The number of hydrogen-bond acceptors (Lipinski definition) is 4. The Morgan fingerprint density at radius 2 is 1.91 bits per heavy atom. The first kappa shape index (κ1) is 14.2. The average molecular weight is 298 g/mol. The van der Waals surface area contributed by atoms with Gasteiger partial charge in [0.15, 0.2) is 5.88 Å². The number of carbonyl (C=O) groups is 1. The summed E-state index contributed by atoms with van der Waals surface area (Å²) in [4.78, 5) is 13.8. The molecule has 1 saturated heterocycles. The lowest BCUT2D eigenvalue weighted by Crippen LogP contribution is -2.24. The van der Waals surface area contributed by atoms with E-state index in [0.29, 0.717) is 11.4 Å². The van der Waals surface area contributed by atoms with E-state index >= 15 is 0 Å². The minimum absolute atomic E-state index is 0.395. The molecule has 0 radical (unpaired) electrons. The van der Waals surface area contributed by atoms with Crippen molar-refractivity contribution in [1.82, 2.24) is 5.43 Å². The van der Waals surface area contributed by atoms with Crippen LogP contribution in [0.15, 0.2) is 52.0 Å². The number of amides is 2. The van der Waals surface area contributed by atoms with Crippen molar-refractivity contribution in [2.45, 2.75) is 12.8 Å². The molecule has 1 fully saturated rings. The van der Waals surface area contributed by atoms with E-state index in [1.165, 1.54) is 19.1 Å². The molecule has 1 aromatic carbocycles. The lowest BCUT2D eigenvalue weighted by atomic mass is 10.3. The lowest BCUT2D eigenvalue weighted by Gasteiger charge is -2.12. The van der Waals surface area contributed by atoms with Gasteiger partial charge in [0, 0.05) is 24.8 Å². The molecular formula is C16H18N4O2. The van der Waals surface area contributed by atoms with Crippen LogP contribution in [0.25, 0.3) is 0 Å². The van der Waals surface area contributed by atoms with Crippen molar-refractivity contribution in [3.05, 3.63) is 48.2 Å². The summed E-state index contributed by atoms with van der Waals surface area (Å²) in [6, 6.07) is 12.6. The number of carbonyl (C=O) groups excluding carboxylic acids is 1. The van der Waals surface area contributed by atoms with E-state index < -0.39 is 6.03 Å². The summed E-state index contributed by atoms with van der Waals surface area (Å²) in [7, 11) is 0. The fourth-order valence-electron chi connectivity index (χ4n) is 2.35. The average Bonchev–Trinajstić information content (AvgIpc) is 3.19. The summed E-state index contributed by atoms with van der Waals surface area (Å²) in [5.74, 6) is 1.47. The first-order chi connectivity index (χ1) is 10.8. The standard InChI is InChI=1S/C16H18N4O2/c21-16(18-13-6-2-1-3-7-13)19-17-12-14-8-9-15(22-14)20-10-4-5-11-20/h1-3,6-9,12H,4-5,10-11H2,(H2,18,19,21)/b17-12+. The van der Waals surface area contributed by atoms with Crippen LogP contribution in [0, 0.1) is 0 Å². The van der Waals surface area contributed by atoms with Crippen LogP contribution in [0.5, 0.6) is 0 Å². The van der Waals surface area contributed by atoms with Crippen LogP contribution in [0.1, 0.15) is 18.6 Å². The molecule has 2 heterocycles. The minimum Gasteiger partial charge on any atom is -0.440 e. The number of nitrogens with one attached hydrogen (secondary N) is 2. The van der Waals surface area contributed by atoms with Gasteiger partial charge in [-0.05, 0) is 31.0 Å². The molecule has 1 aliphatic heterocycles. The molecule has 114 valence electrons. The van der Waals surface area contributed by atoms with Crippen molar-refractivity contribution in [2.24, 2.45) is 5.10 Å². The van der Waals surface area contributed by atoms with Crippen molar-refractivity contribution >= 4 is 23.8 Å². The normalized spacial score (nSPS) is 14.5. The highest BCUT2D eigenvalue weighted by Gasteiger charge is 2.15. The van der Waals surface area contributed by atoms with Gasteiger partial charge in [-0.2, -0.15) is 5.10 Å². The summed E-state index contributed by atoms with van der Waals surface area (Å²) in [6.07, 6.45) is 3.89. The number of hydrogen-bond donors (Lipinski definition) is 2. The third-order valence-corrected chi connectivity index (χ3v) is 3.42. The number of rotatable bonds is 4. The van der Waals surface area contributed by atoms with Gasteiger partial charge in [-0.1, -0.05) is 18.2 Å². The highest BCUT2D eigenvalue weighted by atomic mass is 16.4. The SMILES string of the molecule is O=C(N/N=C/c1ccc(N2CCCC2)o1)Nc1ccccc1. The molecule has 1 aromatic heterocycles. The van der Waals surface area contributed by atoms with Gasteiger partial charge in [0.25, 0.3) is 0 Å². The van der Waals surface area contributed by atoms with E-state index in [2.05, 4.69) is 20.7 Å². The van der Waals surface area contributed by atoms with Crippen LogP contribution in [0.2, 0.25) is 0 Å². The summed E-state index contributed by atoms with van der Waals surface area (Å²) in [5.41, 5.74) is 3.12. The van der Waals surface area contributed by atoms with E-state index in [-0.39, 0.29) is 0 Å². The van der Waals surface area contributed by atoms with Gasteiger partial charge >= 0.3 is 6.03 Å². The molecule has 0 atom stereocenters. The Kier molecular flexibility index (Phi) is 4.38. The van der Waals surface area contributed by atoms with E-state index in [9.17, 15) is 4.79 Å². The van der Waals surface area contributed by atoms with Crippen LogP contribution >= 0.6 is 0 Å². The van der Waals surface area contributed by atoms with Gasteiger partial charge in [-0.3, -0.25) is 0 Å². The zero-order chi connectivity index (χ0) is 15.2. The zero-order valence-corrected chi connectivity index (χ0v) is 12.2. The zero-order valence-electron chi connectivity index (χ0n) is 12.2. The van der Waals surface area contributed by atoms with Crippen LogP contribution in [-0.2, 0) is 0 Å².